The van der Waals surface area contributed by atoms with Crippen LogP contribution in [0.5, 0.6) is 0 Å². The largest absolute Gasteiger partial charge is 0.328 e. The molecule has 0 aromatic carbocycles. The SMILES string of the molecule is CC(N)Cc1cnc(-c2cc(Br)cs2)nc1. The highest BCUT2D eigenvalue weighted by atomic mass is 79.9. The van der Waals surface area contributed by atoms with Gasteiger partial charge in [0.25, 0.3) is 0 Å². The van der Waals surface area contributed by atoms with Crippen LogP contribution in [0, 0.1) is 0 Å². The fraction of sp³-hybridized carbons (Fsp3) is 0.273. The van der Waals surface area contributed by atoms with Crippen LogP contribution in [-0.4, -0.2) is 16.0 Å². The second-order valence-corrected chi connectivity index (χ2v) is 5.55. The maximum absolute atomic E-state index is 5.72. The maximum atomic E-state index is 5.72. The number of nitrogens with zero attached hydrogens (tertiary/aromatic N) is 2. The van der Waals surface area contributed by atoms with Crippen LogP contribution in [-0.2, 0) is 6.42 Å². The lowest BCUT2D eigenvalue weighted by Gasteiger charge is -2.04. The van der Waals surface area contributed by atoms with E-state index in [2.05, 4.69) is 25.9 Å². The second-order valence-electron chi connectivity index (χ2n) is 3.73. The summed E-state index contributed by atoms with van der Waals surface area (Å²) >= 11 is 5.04. The first kappa shape index (κ1) is 11.7. The predicted molar refractivity (Wildman–Crippen MR) is 70.4 cm³/mol. The molecule has 2 aromatic heterocycles. The zero-order valence-corrected chi connectivity index (χ0v) is 11.3. The van der Waals surface area contributed by atoms with Gasteiger partial charge in [0, 0.05) is 28.3 Å². The summed E-state index contributed by atoms with van der Waals surface area (Å²) in [7, 11) is 0. The fourth-order valence-electron chi connectivity index (χ4n) is 1.39. The van der Waals surface area contributed by atoms with Crippen molar-refractivity contribution in [3.05, 3.63) is 33.9 Å². The number of aromatic nitrogens is 2. The van der Waals surface area contributed by atoms with E-state index in [-0.39, 0.29) is 6.04 Å². The summed E-state index contributed by atoms with van der Waals surface area (Å²) in [4.78, 5) is 9.75. The molecule has 0 radical (unpaired) electrons. The highest BCUT2D eigenvalue weighted by Crippen LogP contribution is 2.27. The number of thiophene rings is 1. The monoisotopic (exact) mass is 297 g/mol. The third-order valence-corrected chi connectivity index (χ3v) is 3.74. The summed E-state index contributed by atoms with van der Waals surface area (Å²) < 4.78 is 1.07. The van der Waals surface area contributed by atoms with Gasteiger partial charge in [-0.15, -0.1) is 11.3 Å². The van der Waals surface area contributed by atoms with Crippen molar-refractivity contribution in [2.75, 3.05) is 0 Å². The number of hydrogen-bond donors (Lipinski definition) is 1. The summed E-state index contributed by atoms with van der Waals surface area (Å²) in [6.45, 7) is 1.98. The van der Waals surface area contributed by atoms with Crippen molar-refractivity contribution in [2.45, 2.75) is 19.4 Å². The van der Waals surface area contributed by atoms with Gasteiger partial charge in [-0.05, 0) is 40.9 Å². The molecule has 2 aromatic rings. The molecule has 0 aliphatic heterocycles. The second kappa shape index (κ2) is 5.03. The third-order valence-electron chi connectivity index (χ3n) is 2.05. The zero-order valence-electron chi connectivity index (χ0n) is 8.85. The molecule has 0 fully saturated rings. The number of halogens is 1. The smallest absolute Gasteiger partial charge is 0.169 e. The average molecular weight is 298 g/mol. The van der Waals surface area contributed by atoms with Gasteiger partial charge in [0.15, 0.2) is 5.82 Å². The maximum Gasteiger partial charge on any atom is 0.169 e. The van der Waals surface area contributed by atoms with E-state index in [1.165, 1.54) is 0 Å². The number of hydrogen-bond acceptors (Lipinski definition) is 4. The van der Waals surface area contributed by atoms with Gasteiger partial charge in [-0.1, -0.05) is 0 Å². The normalized spacial score (nSPS) is 12.7. The van der Waals surface area contributed by atoms with Crippen LogP contribution in [0.15, 0.2) is 28.3 Å². The van der Waals surface area contributed by atoms with E-state index in [0.717, 1.165) is 27.2 Å². The Balaban J connectivity index is 2.19. The van der Waals surface area contributed by atoms with Gasteiger partial charge >= 0.3 is 0 Å². The van der Waals surface area contributed by atoms with Gasteiger partial charge in [0.1, 0.15) is 0 Å². The zero-order chi connectivity index (χ0) is 11.5. The molecule has 1 unspecified atom stereocenters. The van der Waals surface area contributed by atoms with Crippen LogP contribution < -0.4 is 5.73 Å². The van der Waals surface area contributed by atoms with Crippen molar-refractivity contribution in [2.24, 2.45) is 5.73 Å². The topological polar surface area (TPSA) is 51.8 Å². The summed E-state index contributed by atoms with van der Waals surface area (Å²) in [6, 6.07) is 2.16. The lowest BCUT2D eigenvalue weighted by atomic mass is 10.1. The number of nitrogens with two attached hydrogens (primary N) is 1. The third kappa shape index (κ3) is 2.87. The average Bonchev–Trinajstić information content (AvgIpc) is 2.65. The molecule has 5 heteroatoms. The standard InChI is InChI=1S/C11H12BrN3S/c1-7(13)2-8-4-14-11(15-5-8)10-3-9(12)6-16-10/h3-7H,2,13H2,1H3. The van der Waals surface area contributed by atoms with Gasteiger partial charge in [0.05, 0.1) is 4.88 Å². The lowest BCUT2D eigenvalue weighted by molar-refractivity contribution is 0.732. The molecule has 1 atom stereocenters. The van der Waals surface area contributed by atoms with Crippen LogP contribution >= 0.6 is 27.3 Å². The molecule has 0 bridgehead atoms. The van der Waals surface area contributed by atoms with Crippen LogP contribution in [0.2, 0.25) is 0 Å². The minimum atomic E-state index is 0.144. The van der Waals surface area contributed by atoms with E-state index in [1.54, 1.807) is 11.3 Å². The lowest BCUT2D eigenvalue weighted by Crippen LogP contribution is -2.17. The van der Waals surface area contributed by atoms with Gasteiger partial charge in [-0.25, -0.2) is 9.97 Å². The van der Waals surface area contributed by atoms with Crippen LogP contribution in [0.4, 0.5) is 0 Å². The Labute approximate surface area is 107 Å². The van der Waals surface area contributed by atoms with E-state index in [9.17, 15) is 0 Å². The van der Waals surface area contributed by atoms with Crippen LogP contribution in [0.1, 0.15) is 12.5 Å². The predicted octanol–water partition coefficient (Wildman–Crippen LogP) is 2.86. The molecule has 0 aliphatic carbocycles. The molecular formula is C11H12BrN3S. The van der Waals surface area contributed by atoms with E-state index in [4.69, 9.17) is 5.73 Å². The van der Waals surface area contributed by atoms with Crippen molar-refractivity contribution in [3.8, 4) is 10.7 Å². The van der Waals surface area contributed by atoms with Gasteiger partial charge in [0.2, 0.25) is 0 Å². The molecule has 2 N–H and O–H groups in total. The molecule has 16 heavy (non-hydrogen) atoms. The molecule has 84 valence electrons. The Morgan fingerprint density at radius 3 is 2.62 bits per heavy atom. The molecule has 0 saturated carbocycles. The summed E-state index contributed by atoms with van der Waals surface area (Å²) in [6.07, 6.45) is 4.51. The molecule has 2 rings (SSSR count). The van der Waals surface area contributed by atoms with Crippen molar-refractivity contribution in [3.63, 3.8) is 0 Å². The van der Waals surface area contributed by atoms with E-state index in [0.29, 0.717) is 0 Å². The van der Waals surface area contributed by atoms with Crippen LogP contribution in [0.25, 0.3) is 10.7 Å². The van der Waals surface area contributed by atoms with Crippen LogP contribution in [0.3, 0.4) is 0 Å². The van der Waals surface area contributed by atoms with Gasteiger partial charge < -0.3 is 5.73 Å². The molecule has 3 nitrogen and oxygen atoms in total. The first-order chi connectivity index (χ1) is 7.65. The van der Waals surface area contributed by atoms with Gasteiger partial charge in [-0.2, -0.15) is 0 Å². The quantitative estimate of drug-likeness (QED) is 0.948. The molecular weight excluding hydrogens is 286 g/mol. The minimum Gasteiger partial charge on any atom is -0.328 e. The minimum absolute atomic E-state index is 0.144. The van der Waals surface area contributed by atoms with Gasteiger partial charge in [-0.3, -0.25) is 0 Å². The molecule has 0 saturated heterocycles. The van der Waals surface area contributed by atoms with Crippen molar-refractivity contribution < 1.29 is 0 Å². The molecule has 0 amide bonds. The van der Waals surface area contributed by atoms with Crippen molar-refractivity contribution >= 4 is 27.3 Å². The Kier molecular flexibility index (Phi) is 3.68. The fourth-order valence-corrected chi connectivity index (χ4v) is 2.76. The Morgan fingerprint density at radius 2 is 2.12 bits per heavy atom. The molecule has 2 heterocycles. The molecule has 0 aliphatic rings. The van der Waals surface area contributed by atoms with E-state index < -0.39 is 0 Å². The molecule has 0 spiro atoms. The highest BCUT2D eigenvalue weighted by Gasteiger charge is 2.05. The summed E-state index contributed by atoms with van der Waals surface area (Å²) in [5.74, 6) is 0.768. The summed E-state index contributed by atoms with van der Waals surface area (Å²) in [5, 5.41) is 2.02. The first-order valence-corrected chi connectivity index (χ1v) is 6.63. The van der Waals surface area contributed by atoms with Crippen molar-refractivity contribution in [1.29, 1.82) is 0 Å². The Hall–Kier alpha value is -0.780. The van der Waals surface area contributed by atoms with Crippen molar-refractivity contribution in [1.82, 2.24) is 9.97 Å². The van der Waals surface area contributed by atoms with E-state index in [1.807, 2.05) is 30.8 Å². The Morgan fingerprint density at radius 1 is 1.44 bits per heavy atom. The highest BCUT2D eigenvalue weighted by molar-refractivity contribution is 9.10. The Bertz CT molecular complexity index is 464. The first-order valence-electron chi connectivity index (χ1n) is 4.96. The summed E-state index contributed by atoms with van der Waals surface area (Å²) in [5.41, 5.74) is 6.80. The number of rotatable bonds is 3. The van der Waals surface area contributed by atoms with E-state index >= 15 is 0 Å².